The Bertz CT molecular complexity index is 296. The zero-order chi connectivity index (χ0) is 12.8. The summed E-state index contributed by atoms with van der Waals surface area (Å²) >= 11 is 0. The van der Waals surface area contributed by atoms with Crippen LogP contribution in [0.25, 0.3) is 0 Å². The second kappa shape index (κ2) is 6.82. The van der Waals surface area contributed by atoms with E-state index in [-0.39, 0.29) is 0 Å². The average Bonchev–Trinajstić information content (AvgIpc) is 2.18. The Morgan fingerprint density at radius 1 is 1.12 bits per heavy atom. The van der Waals surface area contributed by atoms with Gasteiger partial charge in [-0.25, -0.2) is 0 Å². The van der Waals surface area contributed by atoms with Crippen LogP contribution < -0.4 is 0 Å². The molecule has 8 heteroatoms. The van der Waals surface area contributed by atoms with Gasteiger partial charge in [0.15, 0.2) is 0 Å². The highest BCUT2D eigenvalue weighted by molar-refractivity contribution is 7.60. The first-order valence-corrected chi connectivity index (χ1v) is 4.47. The van der Waals surface area contributed by atoms with E-state index in [1.807, 2.05) is 0 Å². The Kier molecular flexibility index (Phi) is 6.53. The molecule has 0 saturated carbocycles. The summed E-state index contributed by atoms with van der Waals surface area (Å²) in [6.07, 6.45) is -4.68. The third kappa shape index (κ3) is 6.75. The van der Waals surface area contributed by atoms with Crippen molar-refractivity contribution in [3.05, 3.63) is 35.4 Å². The van der Waals surface area contributed by atoms with Crippen LogP contribution in [0, 0.1) is 6.92 Å². The van der Waals surface area contributed by atoms with Crippen molar-refractivity contribution in [1.29, 1.82) is 0 Å². The number of alkyl halides is 3. The van der Waals surface area contributed by atoms with Crippen LogP contribution in [0.4, 0.5) is 13.2 Å². The Balaban J connectivity index is 0.000000385. The molecule has 16 heavy (non-hydrogen) atoms. The van der Waals surface area contributed by atoms with Crippen LogP contribution in [0.15, 0.2) is 24.3 Å². The summed E-state index contributed by atoms with van der Waals surface area (Å²) in [5.74, 6) is 0. The second-order valence-electron chi connectivity index (χ2n) is 3.13. The molecule has 0 atom stereocenters. The molecule has 0 aromatic heterocycles. The minimum atomic E-state index is -4.21. The summed E-state index contributed by atoms with van der Waals surface area (Å²) in [7, 11) is 15.8. The zero-order valence-electron chi connectivity index (χ0n) is 8.83. The molecule has 0 N–H and O–H groups in total. The van der Waals surface area contributed by atoms with Crippen molar-refractivity contribution in [2.24, 2.45) is 0 Å². The Morgan fingerprint density at radius 2 is 1.50 bits per heavy atom. The molecule has 0 unspecified atom stereocenters. The van der Waals surface area contributed by atoms with Crippen molar-refractivity contribution in [2.75, 3.05) is 0 Å². The number of hydrogen-bond acceptors (Lipinski definition) is 0. The standard InChI is InChI=1S/C8H7F3.B5/c1-6-2-4-7(5-3-6)8(9,10)11;1-4-5(2)3/h2-5H,1H3;. The van der Waals surface area contributed by atoms with Crippen LogP contribution in [0.1, 0.15) is 11.1 Å². The van der Waals surface area contributed by atoms with Gasteiger partial charge in [-0.2, -0.15) is 13.2 Å². The van der Waals surface area contributed by atoms with Crippen LogP contribution in [0.3, 0.4) is 0 Å². The highest BCUT2D eigenvalue weighted by Crippen LogP contribution is 2.28. The highest BCUT2D eigenvalue weighted by atomic mass is 19.4. The maximum atomic E-state index is 11.9. The number of rotatable bonds is 1. The lowest BCUT2D eigenvalue weighted by Gasteiger charge is -2.05. The van der Waals surface area contributed by atoms with E-state index in [0.717, 1.165) is 17.7 Å². The molecule has 75 valence electrons. The molecule has 0 aliphatic carbocycles. The fourth-order valence-electron chi connectivity index (χ4n) is 0.743. The van der Waals surface area contributed by atoms with Gasteiger partial charge in [0, 0.05) is 36.7 Å². The van der Waals surface area contributed by atoms with Crippen LogP contribution >= 0.6 is 0 Å². The first kappa shape index (κ1) is 15.3. The monoisotopic (exact) mass is 215 g/mol. The van der Waals surface area contributed by atoms with Crippen LogP contribution in [-0.2, 0) is 6.18 Å². The molecule has 0 aliphatic rings. The quantitative estimate of drug-likeness (QED) is 0.614. The number of hydrogen-bond donors (Lipinski definition) is 0. The molecule has 1 aromatic rings. The molecular formula is C8H7B5F3. The molecule has 0 nitrogen and oxygen atoms in total. The van der Waals surface area contributed by atoms with Crippen molar-refractivity contribution in [2.45, 2.75) is 13.1 Å². The summed E-state index contributed by atoms with van der Waals surface area (Å²) in [6, 6.07) is 5.05. The number of aryl methyl sites for hydroxylation is 1. The molecule has 1 aromatic carbocycles. The Hall–Kier alpha value is -0.665. The minimum absolute atomic E-state index is 0.463. The van der Waals surface area contributed by atoms with Gasteiger partial charge in [-0.15, -0.1) is 0 Å². The largest absolute Gasteiger partial charge is 0.416 e. The number of benzene rings is 1. The SMILES string of the molecule is Cc1ccc(C(F)(F)F)cc1.[B][B]B([B])[B]. The van der Waals surface area contributed by atoms with E-state index in [1.54, 1.807) is 6.92 Å². The van der Waals surface area contributed by atoms with Gasteiger partial charge in [-0.05, 0) is 19.1 Å². The van der Waals surface area contributed by atoms with Crippen molar-refractivity contribution in [3.8, 4) is 0 Å². The van der Waals surface area contributed by atoms with E-state index in [0.29, 0.717) is 0 Å². The van der Waals surface area contributed by atoms with E-state index in [1.165, 1.54) is 19.2 Å². The molecule has 0 saturated heterocycles. The molecule has 0 spiro atoms. The van der Waals surface area contributed by atoms with Gasteiger partial charge >= 0.3 is 6.18 Å². The molecular weight excluding hydrogens is 207 g/mol. The topological polar surface area (TPSA) is 0 Å². The molecule has 0 bridgehead atoms. The van der Waals surface area contributed by atoms with Crippen LogP contribution in [0.5, 0.6) is 0 Å². The van der Waals surface area contributed by atoms with Crippen molar-refractivity contribution in [1.82, 2.24) is 0 Å². The van der Waals surface area contributed by atoms with Gasteiger partial charge in [0.2, 0.25) is 0 Å². The molecule has 0 amide bonds. The van der Waals surface area contributed by atoms with Crippen molar-refractivity contribution < 1.29 is 13.2 Å². The summed E-state index contributed by atoms with van der Waals surface area (Å²) in [5.41, 5.74) is 0.237. The smallest absolute Gasteiger partial charge is 0.166 e. The number of halogens is 3. The first-order valence-electron chi connectivity index (χ1n) is 4.47. The normalized spacial score (nSPS) is 10.0. The van der Waals surface area contributed by atoms with E-state index < -0.39 is 18.1 Å². The fraction of sp³-hybridized carbons (Fsp3) is 0.250. The molecule has 1 rings (SSSR count). The summed E-state index contributed by atoms with van der Waals surface area (Å²) < 4.78 is 35.8. The fourth-order valence-corrected chi connectivity index (χ4v) is 0.743. The molecule has 0 heterocycles. The third-order valence-electron chi connectivity index (χ3n) is 1.60. The van der Waals surface area contributed by atoms with E-state index in [9.17, 15) is 13.2 Å². The maximum absolute atomic E-state index is 11.9. The van der Waals surface area contributed by atoms with Gasteiger partial charge in [0.25, 0.3) is 0 Å². The maximum Gasteiger partial charge on any atom is 0.416 e. The van der Waals surface area contributed by atoms with Crippen LogP contribution in [-0.4, -0.2) is 36.7 Å². The summed E-state index contributed by atoms with van der Waals surface area (Å²) in [4.78, 5) is 0. The van der Waals surface area contributed by atoms with E-state index >= 15 is 0 Å². The predicted octanol–water partition coefficient (Wildman–Crippen LogP) is 1.11. The molecule has 0 fully saturated rings. The average molecular weight is 214 g/mol. The van der Waals surface area contributed by atoms with E-state index in [2.05, 4.69) is 0 Å². The van der Waals surface area contributed by atoms with Gasteiger partial charge in [0.05, 0.1) is 5.56 Å². The van der Waals surface area contributed by atoms with Gasteiger partial charge < -0.3 is 0 Å². The molecule has 0 aliphatic heterocycles. The van der Waals surface area contributed by atoms with Crippen molar-refractivity contribution in [3.63, 3.8) is 0 Å². The lowest BCUT2D eigenvalue weighted by Crippen LogP contribution is -2.23. The van der Waals surface area contributed by atoms with Gasteiger partial charge in [-0.3, -0.25) is 0 Å². The Labute approximate surface area is 98.9 Å². The lowest BCUT2D eigenvalue weighted by atomic mass is 8.97. The first-order chi connectivity index (χ1) is 7.27. The molecule has 7 radical (unpaired) electrons. The van der Waals surface area contributed by atoms with Gasteiger partial charge in [0.1, 0.15) is 0 Å². The minimum Gasteiger partial charge on any atom is -0.166 e. The summed E-state index contributed by atoms with van der Waals surface area (Å²) in [5, 5.41) is 0. The van der Waals surface area contributed by atoms with E-state index in [4.69, 9.17) is 23.2 Å². The van der Waals surface area contributed by atoms with Crippen molar-refractivity contribution >= 4 is 36.7 Å². The second-order valence-corrected chi connectivity index (χ2v) is 3.13. The summed E-state index contributed by atoms with van der Waals surface area (Å²) in [6.45, 7) is 1.75. The third-order valence-corrected chi connectivity index (χ3v) is 1.60. The van der Waals surface area contributed by atoms with Crippen LogP contribution in [0.2, 0.25) is 0 Å². The highest BCUT2D eigenvalue weighted by Gasteiger charge is 2.29. The predicted molar refractivity (Wildman–Crippen MR) is 65.0 cm³/mol. The zero-order valence-corrected chi connectivity index (χ0v) is 8.83. The Morgan fingerprint density at radius 3 is 1.75 bits per heavy atom. The van der Waals surface area contributed by atoms with Gasteiger partial charge in [-0.1, -0.05) is 17.7 Å². The lowest BCUT2D eigenvalue weighted by molar-refractivity contribution is -0.137.